The van der Waals surface area contributed by atoms with Gasteiger partial charge in [0, 0.05) is 44.9 Å². The number of nitrogens with one attached hydrogen (secondary N) is 1. The van der Waals surface area contributed by atoms with Gasteiger partial charge in [0.1, 0.15) is 11.8 Å². The number of hydrogen-bond donors (Lipinski definition) is 1. The van der Waals surface area contributed by atoms with E-state index in [0.29, 0.717) is 0 Å². The summed E-state index contributed by atoms with van der Waals surface area (Å²) < 4.78 is 0. The average Bonchev–Trinajstić information content (AvgIpc) is 2.75. The molecule has 1 atom stereocenters. The lowest BCUT2D eigenvalue weighted by Crippen LogP contribution is -2.64. The number of nitrogens with zero attached hydrogens (tertiary/aromatic N) is 3. The first-order valence-corrected chi connectivity index (χ1v) is 5.70. The van der Waals surface area contributed by atoms with Crippen molar-refractivity contribution in [3.63, 3.8) is 0 Å². The second-order valence-electron chi connectivity index (χ2n) is 4.93. The molecule has 2 aliphatic rings. The molecule has 0 radical (unpaired) electrons. The maximum absolute atomic E-state index is 3.43. The smallest absolute Gasteiger partial charge is 0.149 e. The van der Waals surface area contributed by atoms with Crippen LogP contribution in [-0.2, 0) is 0 Å². The summed E-state index contributed by atoms with van der Waals surface area (Å²) in [6.07, 6.45) is 4.37. The Morgan fingerprint density at radius 2 is 1.62 bits per heavy atom. The molecule has 2 rings (SSSR count). The van der Waals surface area contributed by atoms with Gasteiger partial charge in [0.25, 0.3) is 0 Å². The highest BCUT2D eigenvalue weighted by atomic mass is 15.5. The second-order valence-corrected chi connectivity index (χ2v) is 4.93. The van der Waals surface area contributed by atoms with E-state index in [1.165, 1.54) is 11.4 Å². The molecule has 0 saturated heterocycles. The SMILES string of the molecule is CC1=C(C)N(C)C(C)(C2NC=CN2C)N1C. The van der Waals surface area contributed by atoms with Crippen LogP contribution in [0.4, 0.5) is 0 Å². The van der Waals surface area contributed by atoms with E-state index in [4.69, 9.17) is 0 Å². The van der Waals surface area contributed by atoms with Crippen LogP contribution in [0.15, 0.2) is 23.8 Å². The van der Waals surface area contributed by atoms with Crippen LogP contribution in [0.25, 0.3) is 0 Å². The summed E-state index contributed by atoms with van der Waals surface area (Å²) in [7, 11) is 6.43. The van der Waals surface area contributed by atoms with Crippen LogP contribution in [-0.4, -0.2) is 47.7 Å². The summed E-state index contributed by atoms with van der Waals surface area (Å²) in [5, 5.41) is 3.43. The topological polar surface area (TPSA) is 21.8 Å². The van der Waals surface area contributed by atoms with Gasteiger partial charge in [-0.15, -0.1) is 0 Å². The summed E-state index contributed by atoms with van der Waals surface area (Å²) in [5.74, 6) is 0. The van der Waals surface area contributed by atoms with E-state index in [9.17, 15) is 0 Å². The Kier molecular flexibility index (Phi) is 2.33. The minimum atomic E-state index is -0.0492. The van der Waals surface area contributed by atoms with Gasteiger partial charge in [0.05, 0.1) is 0 Å². The van der Waals surface area contributed by atoms with Gasteiger partial charge in [-0.3, -0.25) is 0 Å². The molecule has 0 spiro atoms. The predicted molar refractivity (Wildman–Crippen MR) is 66.1 cm³/mol. The third-order valence-corrected chi connectivity index (χ3v) is 4.38. The van der Waals surface area contributed by atoms with Gasteiger partial charge in [-0.2, -0.15) is 0 Å². The molecule has 0 aromatic heterocycles. The molecule has 0 saturated carbocycles. The van der Waals surface area contributed by atoms with Gasteiger partial charge in [-0.25, -0.2) is 0 Å². The molecule has 2 heterocycles. The Hall–Kier alpha value is -1.32. The first-order valence-electron chi connectivity index (χ1n) is 5.70. The van der Waals surface area contributed by atoms with Crippen molar-refractivity contribution in [3.05, 3.63) is 23.8 Å². The minimum absolute atomic E-state index is 0.0492. The van der Waals surface area contributed by atoms with Crippen molar-refractivity contribution in [1.29, 1.82) is 0 Å². The molecule has 0 amide bonds. The van der Waals surface area contributed by atoms with Crippen molar-refractivity contribution in [1.82, 2.24) is 20.0 Å². The van der Waals surface area contributed by atoms with Crippen molar-refractivity contribution >= 4 is 0 Å². The molecule has 0 aromatic rings. The van der Waals surface area contributed by atoms with E-state index in [2.05, 4.69) is 68.1 Å². The summed E-state index contributed by atoms with van der Waals surface area (Å²) in [6, 6.07) is 0. The van der Waals surface area contributed by atoms with Crippen LogP contribution < -0.4 is 5.32 Å². The quantitative estimate of drug-likeness (QED) is 0.718. The standard InChI is InChI=1S/C12H22N4/c1-9-10(2)16(6)12(3,15(9)5)11-13-7-8-14(11)4/h7-8,11,13H,1-6H3. The van der Waals surface area contributed by atoms with Crippen LogP contribution in [0.2, 0.25) is 0 Å². The van der Waals surface area contributed by atoms with Crippen LogP contribution in [0.3, 0.4) is 0 Å². The normalized spacial score (nSPS) is 28.1. The van der Waals surface area contributed by atoms with Crippen LogP contribution >= 0.6 is 0 Å². The zero-order valence-electron chi connectivity index (χ0n) is 11.1. The highest BCUT2D eigenvalue weighted by Crippen LogP contribution is 2.38. The third-order valence-electron chi connectivity index (χ3n) is 4.38. The molecule has 2 aliphatic heterocycles. The summed E-state index contributed by atoms with van der Waals surface area (Å²) in [6.45, 7) is 6.63. The zero-order valence-corrected chi connectivity index (χ0v) is 11.1. The number of rotatable bonds is 1. The molecule has 90 valence electrons. The minimum Gasteiger partial charge on any atom is -0.367 e. The van der Waals surface area contributed by atoms with Gasteiger partial charge in [0.15, 0.2) is 0 Å². The monoisotopic (exact) mass is 222 g/mol. The molecule has 4 nitrogen and oxygen atoms in total. The second kappa shape index (κ2) is 3.34. The Bertz CT molecular complexity index is 340. The molecule has 0 bridgehead atoms. The summed E-state index contributed by atoms with van der Waals surface area (Å²) in [4.78, 5) is 6.92. The molecular weight excluding hydrogens is 200 g/mol. The van der Waals surface area contributed by atoms with E-state index in [-0.39, 0.29) is 11.8 Å². The predicted octanol–water partition coefficient (Wildman–Crippen LogP) is 1.16. The van der Waals surface area contributed by atoms with Gasteiger partial charge in [0.2, 0.25) is 0 Å². The van der Waals surface area contributed by atoms with E-state index >= 15 is 0 Å². The highest BCUT2D eigenvalue weighted by molar-refractivity contribution is 5.23. The largest absolute Gasteiger partial charge is 0.367 e. The first kappa shape index (κ1) is 11.2. The van der Waals surface area contributed by atoms with Crippen LogP contribution in [0, 0.1) is 0 Å². The first-order chi connectivity index (χ1) is 7.40. The number of hydrogen-bond acceptors (Lipinski definition) is 4. The Morgan fingerprint density at radius 3 is 2.00 bits per heavy atom. The van der Waals surface area contributed by atoms with Gasteiger partial charge < -0.3 is 20.0 Å². The van der Waals surface area contributed by atoms with Gasteiger partial charge >= 0.3 is 0 Å². The lowest BCUT2D eigenvalue weighted by molar-refractivity contribution is -0.00628. The maximum Gasteiger partial charge on any atom is 0.149 e. The van der Waals surface area contributed by atoms with E-state index in [1.54, 1.807) is 0 Å². The van der Waals surface area contributed by atoms with Crippen LogP contribution in [0.5, 0.6) is 0 Å². The fraction of sp³-hybridized carbons (Fsp3) is 0.667. The Labute approximate surface area is 98.2 Å². The Balaban J connectivity index is 2.34. The molecule has 16 heavy (non-hydrogen) atoms. The third kappa shape index (κ3) is 1.16. The molecule has 1 N–H and O–H groups in total. The number of allylic oxidation sites excluding steroid dienone is 2. The Morgan fingerprint density at radius 1 is 1.12 bits per heavy atom. The van der Waals surface area contributed by atoms with E-state index in [0.717, 1.165) is 0 Å². The van der Waals surface area contributed by atoms with Crippen molar-refractivity contribution in [2.75, 3.05) is 21.1 Å². The average molecular weight is 222 g/mol. The lowest BCUT2D eigenvalue weighted by Gasteiger charge is -2.47. The van der Waals surface area contributed by atoms with E-state index < -0.39 is 0 Å². The van der Waals surface area contributed by atoms with Crippen molar-refractivity contribution in [2.45, 2.75) is 32.6 Å². The van der Waals surface area contributed by atoms with Crippen molar-refractivity contribution in [2.24, 2.45) is 0 Å². The fourth-order valence-corrected chi connectivity index (χ4v) is 2.76. The van der Waals surface area contributed by atoms with E-state index in [1.807, 2.05) is 6.20 Å². The maximum atomic E-state index is 3.43. The highest BCUT2D eigenvalue weighted by Gasteiger charge is 2.49. The molecule has 0 aliphatic carbocycles. The molecule has 1 unspecified atom stereocenters. The molecule has 4 heteroatoms. The van der Waals surface area contributed by atoms with Gasteiger partial charge in [-0.1, -0.05) is 0 Å². The lowest BCUT2D eigenvalue weighted by atomic mass is 10.1. The fourth-order valence-electron chi connectivity index (χ4n) is 2.76. The summed E-state index contributed by atoms with van der Waals surface area (Å²) >= 11 is 0. The zero-order chi connectivity index (χ0) is 12.1. The van der Waals surface area contributed by atoms with Crippen molar-refractivity contribution < 1.29 is 0 Å². The summed E-state index contributed by atoms with van der Waals surface area (Å²) in [5.41, 5.74) is 2.63. The number of likely N-dealkylation sites (N-methyl/N-ethyl adjacent to an activating group) is 3. The molecular formula is C12H22N4. The molecule has 0 fully saturated rings. The molecule has 0 aromatic carbocycles. The van der Waals surface area contributed by atoms with Crippen molar-refractivity contribution in [3.8, 4) is 0 Å². The van der Waals surface area contributed by atoms with Crippen LogP contribution in [0.1, 0.15) is 20.8 Å². The van der Waals surface area contributed by atoms with Gasteiger partial charge in [-0.05, 0) is 20.8 Å².